The molecule has 4 rings (SSSR count). The summed E-state index contributed by atoms with van der Waals surface area (Å²) in [7, 11) is -2.44. The molecule has 1 N–H and O–H groups in total. The first kappa shape index (κ1) is 24.9. The van der Waals surface area contributed by atoms with Crippen LogP contribution in [0.1, 0.15) is 43.8 Å². The monoisotopic (exact) mass is 503 g/mol. The van der Waals surface area contributed by atoms with Crippen molar-refractivity contribution in [1.29, 1.82) is 0 Å². The zero-order chi connectivity index (χ0) is 25.0. The number of hydrogen-bond donors (Lipinski definition) is 1. The molecule has 0 aromatic carbocycles. The van der Waals surface area contributed by atoms with Gasteiger partial charge in [0.2, 0.25) is 16.0 Å². The van der Waals surface area contributed by atoms with E-state index in [1.807, 2.05) is 13.8 Å². The predicted octanol–water partition coefficient (Wildman–Crippen LogP) is 2.32. The van der Waals surface area contributed by atoms with Crippen LogP contribution in [0.15, 0.2) is 30.9 Å². The second-order valence-corrected chi connectivity index (χ2v) is 10.3. The molecule has 3 aromatic heterocycles. The van der Waals surface area contributed by atoms with E-state index >= 15 is 0 Å². The molecule has 0 aliphatic carbocycles. The Labute approximate surface area is 204 Å². The Kier molecular flexibility index (Phi) is 7.57. The van der Waals surface area contributed by atoms with Crippen molar-refractivity contribution < 1.29 is 22.6 Å². The van der Waals surface area contributed by atoms with Gasteiger partial charge in [-0.1, -0.05) is 6.92 Å². The van der Waals surface area contributed by atoms with Crippen molar-refractivity contribution in [1.82, 2.24) is 29.7 Å². The highest BCUT2D eigenvalue weighted by molar-refractivity contribution is 7.93. The first-order valence-corrected chi connectivity index (χ1v) is 12.8. The maximum absolute atomic E-state index is 13.5. The summed E-state index contributed by atoms with van der Waals surface area (Å²) < 4.78 is 48.5. The summed E-state index contributed by atoms with van der Waals surface area (Å²) in [5.41, 5.74) is 1.52. The molecule has 3 aromatic rings. The van der Waals surface area contributed by atoms with Gasteiger partial charge in [-0.25, -0.2) is 18.4 Å². The lowest BCUT2D eigenvalue weighted by molar-refractivity contribution is 0.0466. The van der Waals surface area contributed by atoms with Crippen LogP contribution in [0.4, 0.5) is 5.95 Å². The fourth-order valence-corrected chi connectivity index (χ4v) is 4.85. The highest BCUT2D eigenvalue weighted by atomic mass is 32.2. The van der Waals surface area contributed by atoms with Crippen molar-refractivity contribution in [2.24, 2.45) is 0 Å². The summed E-state index contributed by atoms with van der Waals surface area (Å²) >= 11 is 0. The fraction of sp³-hybridized carbons (Fsp3) is 0.500. The molecule has 0 amide bonds. The third-order valence-electron chi connectivity index (χ3n) is 5.58. The largest absolute Gasteiger partial charge is 0.489 e. The second-order valence-electron chi connectivity index (χ2n) is 8.27. The van der Waals surface area contributed by atoms with Gasteiger partial charge in [-0.3, -0.25) is 14.3 Å². The van der Waals surface area contributed by atoms with Crippen LogP contribution in [-0.2, 0) is 19.5 Å². The number of hydrogen-bond acceptors (Lipinski definition) is 10. The van der Waals surface area contributed by atoms with Gasteiger partial charge in [0.1, 0.15) is 23.7 Å². The van der Waals surface area contributed by atoms with Gasteiger partial charge in [0.25, 0.3) is 0 Å². The summed E-state index contributed by atoms with van der Waals surface area (Å²) in [6, 6.07) is 1.37. The average Bonchev–Trinajstić information content (AvgIpc) is 3.18. The molecule has 35 heavy (non-hydrogen) atoms. The van der Waals surface area contributed by atoms with Gasteiger partial charge in [0, 0.05) is 32.3 Å². The summed E-state index contributed by atoms with van der Waals surface area (Å²) in [6.45, 7) is 6.21. The van der Waals surface area contributed by atoms with Gasteiger partial charge in [0.05, 0.1) is 24.4 Å². The third kappa shape index (κ3) is 5.26. The van der Waals surface area contributed by atoms with Crippen molar-refractivity contribution >= 4 is 16.0 Å². The van der Waals surface area contributed by atoms with Gasteiger partial charge < -0.3 is 14.2 Å². The van der Waals surface area contributed by atoms with Crippen LogP contribution in [0.3, 0.4) is 0 Å². The van der Waals surface area contributed by atoms with Crippen LogP contribution in [0.25, 0.3) is 11.4 Å². The Hall–Kier alpha value is -3.16. The number of aryl methyl sites for hydroxylation is 1. The summed E-state index contributed by atoms with van der Waals surface area (Å²) in [6.07, 6.45) is 6.32. The Bertz CT molecular complexity index is 1250. The number of rotatable bonds is 10. The lowest BCUT2D eigenvalue weighted by Gasteiger charge is -2.24. The number of aromatic nitrogens is 6. The first-order valence-electron chi connectivity index (χ1n) is 11.3. The van der Waals surface area contributed by atoms with Crippen LogP contribution in [0.2, 0.25) is 0 Å². The number of ether oxygens (including phenoxy) is 3. The third-order valence-corrected chi connectivity index (χ3v) is 7.28. The second kappa shape index (κ2) is 10.6. The van der Waals surface area contributed by atoms with Crippen LogP contribution in [0, 0.1) is 6.92 Å². The van der Waals surface area contributed by atoms with E-state index in [4.69, 9.17) is 14.2 Å². The minimum Gasteiger partial charge on any atom is -0.489 e. The lowest BCUT2D eigenvalue weighted by atomic mass is 10.2. The Morgan fingerprint density at radius 1 is 1.26 bits per heavy atom. The molecule has 1 aliphatic heterocycles. The zero-order valence-corrected chi connectivity index (χ0v) is 20.9. The molecule has 0 saturated carbocycles. The molecular weight excluding hydrogens is 474 g/mol. The van der Waals surface area contributed by atoms with Crippen molar-refractivity contribution in [3.63, 3.8) is 0 Å². The smallest absolute Gasteiger partial charge is 0.240 e. The van der Waals surface area contributed by atoms with Crippen LogP contribution in [-0.4, -0.2) is 70.3 Å². The van der Waals surface area contributed by atoms with E-state index in [1.165, 1.54) is 0 Å². The van der Waals surface area contributed by atoms with Gasteiger partial charge in [-0.05, 0) is 31.9 Å². The number of pyridine rings is 1. The van der Waals surface area contributed by atoms with E-state index < -0.39 is 21.4 Å². The minimum absolute atomic E-state index is 0.0567. The molecule has 3 atom stereocenters. The molecule has 0 unspecified atom stereocenters. The Morgan fingerprint density at radius 2 is 2.03 bits per heavy atom. The number of anilines is 1. The SMILES string of the molecule is CCCO[C@@H](c1ncc(C)cn1)[C@H](C)S(=O)(=O)Nc1nnc2n1[C@H](COC)COc1cnccc1-2. The highest BCUT2D eigenvalue weighted by Gasteiger charge is 2.36. The topological polar surface area (TPSA) is 143 Å². The molecule has 0 saturated heterocycles. The molecule has 0 radical (unpaired) electrons. The fourth-order valence-electron chi connectivity index (χ4n) is 3.74. The quantitative estimate of drug-likeness (QED) is 0.438. The van der Waals surface area contributed by atoms with Crippen LogP contribution < -0.4 is 9.46 Å². The zero-order valence-electron chi connectivity index (χ0n) is 20.1. The van der Waals surface area contributed by atoms with Crippen molar-refractivity contribution in [3.05, 3.63) is 42.2 Å². The molecule has 0 bridgehead atoms. The summed E-state index contributed by atoms with van der Waals surface area (Å²) in [5.74, 6) is 1.34. The number of nitrogens with one attached hydrogen (secondary N) is 1. The number of fused-ring (bicyclic) bond motifs is 3. The molecule has 188 valence electrons. The first-order chi connectivity index (χ1) is 16.9. The molecule has 4 heterocycles. The summed E-state index contributed by atoms with van der Waals surface area (Å²) in [4.78, 5) is 12.7. The minimum atomic E-state index is -4.00. The molecule has 12 nitrogen and oxygen atoms in total. The van der Waals surface area contributed by atoms with Crippen molar-refractivity contribution in [2.75, 3.05) is 31.7 Å². The van der Waals surface area contributed by atoms with E-state index in [1.54, 1.807) is 49.5 Å². The molecule has 0 spiro atoms. The van der Waals surface area contributed by atoms with E-state index in [2.05, 4.69) is 29.9 Å². The molecule has 0 fully saturated rings. The number of methoxy groups -OCH3 is 1. The predicted molar refractivity (Wildman–Crippen MR) is 127 cm³/mol. The van der Waals surface area contributed by atoms with E-state index in [0.717, 1.165) is 5.56 Å². The van der Waals surface area contributed by atoms with E-state index in [9.17, 15) is 8.42 Å². The van der Waals surface area contributed by atoms with E-state index in [0.29, 0.717) is 36.0 Å². The van der Waals surface area contributed by atoms with Crippen molar-refractivity contribution in [3.8, 4) is 17.1 Å². The van der Waals surface area contributed by atoms with Crippen molar-refractivity contribution in [2.45, 2.75) is 44.6 Å². The summed E-state index contributed by atoms with van der Waals surface area (Å²) in [5, 5.41) is 7.40. The molecular formula is C22H29N7O5S. The average molecular weight is 504 g/mol. The number of sulfonamides is 1. The maximum atomic E-state index is 13.5. The Balaban J connectivity index is 1.69. The van der Waals surface area contributed by atoms with Gasteiger partial charge >= 0.3 is 0 Å². The lowest BCUT2D eigenvalue weighted by Crippen LogP contribution is -2.35. The Morgan fingerprint density at radius 3 is 2.74 bits per heavy atom. The standard InChI is InChI=1S/C22H29N7O5S/c1-5-8-33-19(20-24-9-14(2)10-25-20)15(3)35(30,31)28-22-27-26-21-17-6-7-23-11-18(17)34-13-16(12-32-4)29(21)22/h6-7,9-11,15-16,19H,5,8,12-13H2,1-4H3,(H,27,28)/t15-,16+,19+/m0/s1. The maximum Gasteiger partial charge on any atom is 0.240 e. The normalized spacial score (nSPS) is 17.0. The van der Waals surface area contributed by atoms with Crippen LogP contribution >= 0.6 is 0 Å². The number of nitrogens with zero attached hydrogens (tertiary/aromatic N) is 6. The van der Waals surface area contributed by atoms with Gasteiger partial charge in [-0.15, -0.1) is 10.2 Å². The van der Waals surface area contributed by atoms with E-state index in [-0.39, 0.29) is 25.2 Å². The highest BCUT2D eigenvalue weighted by Crippen LogP contribution is 2.36. The van der Waals surface area contributed by atoms with Crippen LogP contribution in [0.5, 0.6) is 5.75 Å². The van der Waals surface area contributed by atoms with Gasteiger partial charge in [-0.2, -0.15) is 0 Å². The molecule has 13 heteroatoms. The van der Waals surface area contributed by atoms with Gasteiger partial charge in [0.15, 0.2) is 11.6 Å². The molecule has 1 aliphatic rings.